The van der Waals surface area contributed by atoms with E-state index in [1.165, 1.54) is 0 Å². The lowest BCUT2D eigenvalue weighted by Crippen LogP contribution is -2.61. The van der Waals surface area contributed by atoms with Crippen LogP contribution >= 0.6 is 0 Å². The van der Waals surface area contributed by atoms with Gasteiger partial charge in [0.1, 0.15) is 24.4 Å². The van der Waals surface area contributed by atoms with Crippen molar-refractivity contribution in [3.05, 3.63) is 11.8 Å². The average Bonchev–Trinajstić information content (AvgIpc) is 2.93. The van der Waals surface area contributed by atoms with Gasteiger partial charge in [-0.1, -0.05) is 0 Å². The highest BCUT2D eigenvalue weighted by atomic mass is 16.8. The molecule has 0 amide bonds. The fourth-order valence-electron chi connectivity index (χ4n) is 3.87. The average molecular weight is 405 g/mol. The zero-order chi connectivity index (χ0) is 20.8. The van der Waals surface area contributed by atoms with Crippen molar-refractivity contribution in [1.29, 1.82) is 0 Å². The summed E-state index contributed by atoms with van der Waals surface area (Å²) in [4.78, 5) is 23.5. The Hall–Kier alpha value is -1.64. The molecule has 0 aromatic rings. The lowest BCUT2D eigenvalue weighted by atomic mass is 9.80. The maximum absolute atomic E-state index is 12.2. The number of carboxylic acids is 1. The minimum absolute atomic E-state index is 0.406. The summed E-state index contributed by atoms with van der Waals surface area (Å²) < 4.78 is 15.8. The lowest BCUT2D eigenvalue weighted by Gasteiger charge is -2.44. The maximum Gasteiger partial charge on any atom is 0.208 e. The molecule has 1 aliphatic carbocycles. The molecule has 9 atom stereocenters. The Morgan fingerprint density at radius 2 is 1.89 bits per heavy atom. The molecule has 2 aliphatic heterocycles. The lowest BCUT2D eigenvalue weighted by molar-refractivity contribution is -0.347. The van der Waals surface area contributed by atoms with E-state index in [1.54, 1.807) is 0 Å². The van der Waals surface area contributed by atoms with Crippen molar-refractivity contribution in [1.82, 2.24) is 0 Å². The number of hydrogen-bond acceptors (Lipinski definition) is 12. The van der Waals surface area contributed by atoms with E-state index in [1.807, 2.05) is 0 Å². The SMILES string of the molecule is O=C([O-])C1=CO[C@H](O[C@@H]2O[C@H](CO)[C@@H](O)[C@H](O)[C@H]2O)[C@H]2[C@H]1CC(=O)[C@@]2(O)CO. The van der Waals surface area contributed by atoms with Crippen LogP contribution in [0.25, 0.3) is 0 Å². The molecular weight excluding hydrogens is 384 g/mol. The summed E-state index contributed by atoms with van der Waals surface area (Å²) in [5, 5.41) is 70.4. The van der Waals surface area contributed by atoms with Gasteiger partial charge in [0.2, 0.25) is 6.29 Å². The number of ether oxygens (including phenoxy) is 3. The second-order valence-electron chi connectivity index (χ2n) is 7.04. The third-order valence-electron chi connectivity index (χ3n) is 5.49. The monoisotopic (exact) mass is 405 g/mol. The van der Waals surface area contributed by atoms with Crippen molar-refractivity contribution < 1.29 is 59.5 Å². The molecule has 0 spiro atoms. The number of carboxylic acid groups (broad SMARTS) is 1. The van der Waals surface area contributed by atoms with E-state index >= 15 is 0 Å². The summed E-state index contributed by atoms with van der Waals surface area (Å²) in [6.45, 7) is -1.75. The Bertz CT molecular complexity index is 662. The zero-order valence-corrected chi connectivity index (χ0v) is 14.5. The topological polar surface area (TPSA) is 206 Å². The van der Waals surface area contributed by atoms with E-state index in [9.17, 15) is 45.3 Å². The van der Waals surface area contributed by atoms with E-state index in [0.29, 0.717) is 0 Å². The molecule has 1 saturated heterocycles. The minimum atomic E-state index is -2.38. The molecule has 0 unspecified atom stereocenters. The van der Waals surface area contributed by atoms with E-state index in [2.05, 4.69) is 0 Å². The number of hydrogen-bond donors (Lipinski definition) is 6. The van der Waals surface area contributed by atoms with Crippen LogP contribution in [0.15, 0.2) is 11.8 Å². The van der Waals surface area contributed by atoms with Crippen LogP contribution in [0.2, 0.25) is 0 Å². The molecular formula is C16H21O12-. The molecule has 12 heteroatoms. The Morgan fingerprint density at radius 3 is 2.46 bits per heavy atom. The molecule has 12 nitrogen and oxygen atoms in total. The molecule has 0 radical (unpaired) electrons. The van der Waals surface area contributed by atoms with E-state index in [-0.39, 0.29) is 0 Å². The zero-order valence-electron chi connectivity index (χ0n) is 14.5. The van der Waals surface area contributed by atoms with Gasteiger partial charge in [-0.05, 0) is 0 Å². The van der Waals surface area contributed by atoms with E-state index in [4.69, 9.17) is 14.2 Å². The van der Waals surface area contributed by atoms with E-state index < -0.39 is 91.4 Å². The predicted molar refractivity (Wildman–Crippen MR) is 81.5 cm³/mol. The van der Waals surface area contributed by atoms with Crippen molar-refractivity contribution >= 4 is 11.8 Å². The first-order chi connectivity index (χ1) is 13.2. The highest BCUT2D eigenvalue weighted by molar-refractivity contribution is 5.94. The van der Waals surface area contributed by atoms with Gasteiger partial charge in [-0.25, -0.2) is 0 Å². The van der Waals surface area contributed by atoms with Gasteiger partial charge in [0, 0.05) is 17.9 Å². The van der Waals surface area contributed by atoms with Crippen LogP contribution in [0.4, 0.5) is 0 Å². The van der Waals surface area contributed by atoms with Gasteiger partial charge in [-0.15, -0.1) is 0 Å². The molecule has 2 fully saturated rings. The Morgan fingerprint density at radius 1 is 1.21 bits per heavy atom. The summed E-state index contributed by atoms with van der Waals surface area (Å²) in [6.07, 6.45) is -9.29. The Balaban J connectivity index is 1.89. The molecule has 6 N–H and O–H groups in total. The Kier molecular flexibility index (Phi) is 5.76. The molecule has 3 aliphatic rings. The molecule has 3 rings (SSSR count). The first-order valence-electron chi connectivity index (χ1n) is 8.55. The molecule has 158 valence electrons. The fourth-order valence-corrected chi connectivity index (χ4v) is 3.87. The highest BCUT2D eigenvalue weighted by Gasteiger charge is 2.61. The highest BCUT2D eigenvalue weighted by Crippen LogP contribution is 2.47. The van der Waals surface area contributed by atoms with Crippen LogP contribution in [0.1, 0.15) is 6.42 Å². The van der Waals surface area contributed by atoms with E-state index in [0.717, 1.165) is 6.26 Å². The normalized spacial score (nSPS) is 45.9. The van der Waals surface area contributed by atoms with Crippen molar-refractivity contribution in [2.24, 2.45) is 11.8 Å². The fraction of sp³-hybridized carbons (Fsp3) is 0.750. The van der Waals surface area contributed by atoms with Crippen LogP contribution < -0.4 is 5.11 Å². The van der Waals surface area contributed by atoms with Gasteiger partial charge in [0.15, 0.2) is 17.7 Å². The van der Waals surface area contributed by atoms with Crippen LogP contribution in [-0.2, 0) is 23.8 Å². The van der Waals surface area contributed by atoms with Crippen LogP contribution in [-0.4, -0.2) is 98.2 Å². The van der Waals surface area contributed by atoms with Gasteiger partial charge < -0.3 is 54.8 Å². The smallest absolute Gasteiger partial charge is 0.208 e. The number of ketones is 1. The summed E-state index contributed by atoms with van der Waals surface area (Å²) >= 11 is 0. The summed E-state index contributed by atoms with van der Waals surface area (Å²) in [7, 11) is 0. The van der Waals surface area contributed by atoms with Crippen LogP contribution in [0.3, 0.4) is 0 Å². The van der Waals surface area contributed by atoms with Gasteiger partial charge in [0.25, 0.3) is 0 Å². The number of rotatable bonds is 5. The summed E-state index contributed by atoms with van der Waals surface area (Å²) in [5.74, 6) is -4.94. The first kappa shape index (κ1) is 21.1. The number of aliphatic carboxylic acids is 1. The molecule has 0 aromatic carbocycles. The maximum atomic E-state index is 12.2. The quantitative estimate of drug-likeness (QED) is 0.254. The van der Waals surface area contributed by atoms with Gasteiger partial charge in [0.05, 0.1) is 31.4 Å². The van der Waals surface area contributed by atoms with Crippen molar-refractivity contribution in [3.63, 3.8) is 0 Å². The van der Waals surface area contributed by atoms with Crippen LogP contribution in [0, 0.1) is 11.8 Å². The number of carbonyl (C=O) groups excluding carboxylic acids is 2. The third kappa shape index (κ3) is 3.21. The largest absolute Gasteiger partial charge is 0.545 e. The molecule has 0 bridgehead atoms. The second-order valence-corrected chi connectivity index (χ2v) is 7.04. The van der Waals surface area contributed by atoms with Crippen molar-refractivity contribution in [2.45, 2.75) is 49.0 Å². The van der Waals surface area contributed by atoms with Gasteiger partial charge >= 0.3 is 0 Å². The first-order valence-corrected chi connectivity index (χ1v) is 8.55. The number of carbonyl (C=O) groups is 2. The Labute approximate surface area is 158 Å². The number of Topliss-reactive ketones (excluding diaryl/α,β-unsaturated/α-hetero) is 1. The van der Waals surface area contributed by atoms with Crippen molar-refractivity contribution in [3.8, 4) is 0 Å². The second kappa shape index (κ2) is 7.65. The molecule has 2 heterocycles. The summed E-state index contributed by atoms with van der Waals surface area (Å²) in [6, 6.07) is 0. The van der Waals surface area contributed by atoms with Gasteiger partial charge in [-0.2, -0.15) is 0 Å². The van der Waals surface area contributed by atoms with Crippen LogP contribution in [0.5, 0.6) is 0 Å². The molecule has 0 aromatic heterocycles. The number of fused-ring (bicyclic) bond motifs is 1. The molecule has 1 saturated carbocycles. The predicted octanol–water partition coefficient (Wildman–Crippen LogP) is -5.28. The number of aliphatic hydroxyl groups is 6. The van der Waals surface area contributed by atoms with Gasteiger partial charge in [-0.3, -0.25) is 4.79 Å². The number of aliphatic hydroxyl groups excluding tert-OH is 5. The molecule has 28 heavy (non-hydrogen) atoms. The minimum Gasteiger partial charge on any atom is -0.545 e. The third-order valence-corrected chi connectivity index (χ3v) is 5.49. The summed E-state index contributed by atoms with van der Waals surface area (Å²) in [5.41, 5.74) is -2.78. The van der Waals surface area contributed by atoms with Crippen molar-refractivity contribution in [2.75, 3.05) is 13.2 Å². The standard InChI is InChI=1S/C16H22O12/c17-2-7-10(20)11(21)12(22)15(27-7)28-14-9-5(6(3-26-14)13(23)24)1-8(19)16(9,25)4-18/h3,5,7,9-12,14-15,17-18,20-22,25H,1-2,4H2,(H,23,24)/p-1/t5-,7+,9+,10+,11-,12+,14+,15-,16-/m0/s1.